The summed E-state index contributed by atoms with van der Waals surface area (Å²) >= 11 is 0. The molecule has 0 aliphatic carbocycles. The van der Waals surface area contributed by atoms with E-state index < -0.39 is 10.0 Å². The van der Waals surface area contributed by atoms with Crippen LogP contribution in [0.15, 0.2) is 61.2 Å². The van der Waals surface area contributed by atoms with Crippen molar-refractivity contribution >= 4 is 27.3 Å². The second-order valence-electron chi connectivity index (χ2n) is 5.97. The van der Waals surface area contributed by atoms with Crippen LogP contribution in [-0.4, -0.2) is 33.7 Å². The maximum atomic E-state index is 13.0. The van der Waals surface area contributed by atoms with E-state index >= 15 is 0 Å². The number of hydrogen-bond acceptors (Lipinski definition) is 3. The highest BCUT2D eigenvalue weighted by Crippen LogP contribution is 2.31. The van der Waals surface area contributed by atoms with Gasteiger partial charge in [-0.15, -0.1) is 6.58 Å². The van der Waals surface area contributed by atoms with E-state index in [1.165, 1.54) is 10.6 Å². The molecule has 0 saturated carbocycles. The topological polar surface area (TPSA) is 57.7 Å². The summed E-state index contributed by atoms with van der Waals surface area (Å²) in [5.41, 5.74) is 2.88. The summed E-state index contributed by atoms with van der Waals surface area (Å²) in [5, 5.41) is 0. The Kier molecular flexibility index (Phi) is 4.63. The molecule has 1 aliphatic heterocycles. The minimum absolute atomic E-state index is 0.133. The number of sulfonamides is 1. The second-order valence-corrected chi connectivity index (χ2v) is 7.88. The van der Waals surface area contributed by atoms with Crippen molar-refractivity contribution in [3.8, 4) is 0 Å². The summed E-state index contributed by atoms with van der Waals surface area (Å²) in [6.07, 6.45) is 3.49. The average molecular weight is 356 g/mol. The van der Waals surface area contributed by atoms with E-state index in [4.69, 9.17) is 0 Å². The zero-order chi connectivity index (χ0) is 18.0. The fourth-order valence-electron chi connectivity index (χ4n) is 3.05. The molecule has 0 spiro atoms. The van der Waals surface area contributed by atoms with Gasteiger partial charge in [-0.2, -0.15) is 0 Å². The van der Waals surface area contributed by atoms with Gasteiger partial charge in [-0.05, 0) is 42.3 Å². The Bertz CT molecular complexity index is 908. The van der Waals surface area contributed by atoms with Gasteiger partial charge >= 0.3 is 0 Å². The van der Waals surface area contributed by atoms with Crippen LogP contribution in [-0.2, 0) is 16.4 Å². The van der Waals surface area contributed by atoms with Gasteiger partial charge in [0, 0.05) is 24.3 Å². The molecule has 0 fully saturated rings. The molecule has 5 nitrogen and oxygen atoms in total. The van der Waals surface area contributed by atoms with Gasteiger partial charge in [-0.1, -0.05) is 24.3 Å². The van der Waals surface area contributed by atoms with Crippen LogP contribution in [0.25, 0.3) is 0 Å². The first kappa shape index (κ1) is 17.2. The molecule has 2 aromatic rings. The number of carbonyl (C=O) groups excluding carboxylic acids is 1. The predicted molar refractivity (Wildman–Crippen MR) is 101 cm³/mol. The maximum Gasteiger partial charge on any atom is 0.258 e. The van der Waals surface area contributed by atoms with Gasteiger partial charge < -0.3 is 4.90 Å². The van der Waals surface area contributed by atoms with E-state index in [0.29, 0.717) is 30.8 Å². The van der Waals surface area contributed by atoms with Gasteiger partial charge in [0.15, 0.2) is 0 Å². The Labute approximate surface area is 148 Å². The van der Waals surface area contributed by atoms with Crippen LogP contribution >= 0.6 is 0 Å². The lowest BCUT2D eigenvalue weighted by atomic mass is 10.1. The van der Waals surface area contributed by atoms with Gasteiger partial charge in [0.1, 0.15) is 0 Å². The number of para-hydroxylation sites is 1. The standard InChI is InChI=1S/C19H20N2O3S/c1-3-12-20(17-7-5-4-6-8-17)19(22)16-9-10-18-15(14-16)11-13-21(18)25(2,23)24/h3-10,14H,1,11-13H2,2H3. The van der Waals surface area contributed by atoms with Crippen LogP contribution in [0.5, 0.6) is 0 Å². The molecular weight excluding hydrogens is 336 g/mol. The molecule has 0 atom stereocenters. The Morgan fingerprint density at radius 1 is 1.24 bits per heavy atom. The van der Waals surface area contributed by atoms with E-state index in [1.54, 1.807) is 29.2 Å². The maximum absolute atomic E-state index is 13.0. The highest BCUT2D eigenvalue weighted by Gasteiger charge is 2.27. The first-order valence-corrected chi connectivity index (χ1v) is 9.85. The van der Waals surface area contributed by atoms with Crippen molar-refractivity contribution in [3.63, 3.8) is 0 Å². The fourth-order valence-corrected chi connectivity index (χ4v) is 4.01. The molecule has 1 amide bonds. The molecule has 0 bridgehead atoms. The third-order valence-corrected chi connectivity index (χ3v) is 5.38. The van der Waals surface area contributed by atoms with Crippen LogP contribution in [0.3, 0.4) is 0 Å². The van der Waals surface area contributed by atoms with Gasteiger partial charge in [0.2, 0.25) is 10.0 Å². The zero-order valence-corrected chi connectivity index (χ0v) is 14.9. The molecular formula is C19H20N2O3S. The van der Waals surface area contributed by atoms with Crippen LogP contribution in [0, 0.1) is 0 Å². The predicted octanol–water partition coefficient (Wildman–Crippen LogP) is 2.84. The van der Waals surface area contributed by atoms with E-state index in [1.807, 2.05) is 30.3 Å². The molecule has 130 valence electrons. The number of nitrogens with zero attached hydrogens (tertiary/aromatic N) is 2. The Balaban J connectivity index is 1.94. The number of rotatable bonds is 5. The van der Waals surface area contributed by atoms with Crippen molar-refractivity contribution in [2.45, 2.75) is 6.42 Å². The molecule has 0 aromatic heterocycles. The van der Waals surface area contributed by atoms with Crippen LogP contribution in [0.4, 0.5) is 11.4 Å². The molecule has 0 N–H and O–H groups in total. The van der Waals surface area contributed by atoms with E-state index in [0.717, 1.165) is 11.3 Å². The van der Waals surface area contributed by atoms with E-state index in [-0.39, 0.29) is 5.91 Å². The Morgan fingerprint density at radius 2 is 1.96 bits per heavy atom. The van der Waals surface area contributed by atoms with Gasteiger partial charge in [-0.25, -0.2) is 8.42 Å². The van der Waals surface area contributed by atoms with Crippen LogP contribution in [0.2, 0.25) is 0 Å². The lowest BCUT2D eigenvalue weighted by Crippen LogP contribution is -2.31. The normalized spacial score (nSPS) is 13.4. The summed E-state index contributed by atoms with van der Waals surface area (Å²) in [7, 11) is -3.29. The highest BCUT2D eigenvalue weighted by molar-refractivity contribution is 7.92. The summed E-state index contributed by atoms with van der Waals surface area (Å²) < 4.78 is 25.1. The van der Waals surface area contributed by atoms with Crippen molar-refractivity contribution in [3.05, 3.63) is 72.3 Å². The summed E-state index contributed by atoms with van der Waals surface area (Å²) in [4.78, 5) is 14.6. The van der Waals surface area contributed by atoms with E-state index in [9.17, 15) is 13.2 Å². The molecule has 0 unspecified atom stereocenters. The molecule has 0 radical (unpaired) electrons. The monoisotopic (exact) mass is 356 g/mol. The van der Waals surface area contributed by atoms with Crippen molar-refractivity contribution in [2.24, 2.45) is 0 Å². The smallest absolute Gasteiger partial charge is 0.258 e. The number of carbonyl (C=O) groups is 1. The number of amides is 1. The zero-order valence-electron chi connectivity index (χ0n) is 14.1. The summed E-state index contributed by atoms with van der Waals surface area (Å²) in [6.45, 7) is 4.55. The van der Waals surface area contributed by atoms with Gasteiger partial charge in [-0.3, -0.25) is 9.10 Å². The lowest BCUT2D eigenvalue weighted by Gasteiger charge is -2.22. The third-order valence-electron chi connectivity index (χ3n) is 4.20. The summed E-state index contributed by atoms with van der Waals surface area (Å²) in [6, 6.07) is 14.6. The molecule has 2 aromatic carbocycles. The van der Waals surface area contributed by atoms with Crippen molar-refractivity contribution in [2.75, 3.05) is 28.6 Å². The van der Waals surface area contributed by atoms with Gasteiger partial charge in [0.25, 0.3) is 5.91 Å². The number of benzene rings is 2. The quantitative estimate of drug-likeness (QED) is 0.774. The van der Waals surface area contributed by atoms with Crippen LogP contribution < -0.4 is 9.21 Å². The lowest BCUT2D eigenvalue weighted by molar-refractivity contribution is 0.0989. The fraction of sp³-hybridized carbons (Fsp3) is 0.211. The number of fused-ring (bicyclic) bond motifs is 1. The molecule has 1 aliphatic rings. The first-order valence-electron chi connectivity index (χ1n) is 8.00. The Hall–Kier alpha value is -2.60. The SMILES string of the molecule is C=CCN(C(=O)c1ccc2c(c1)CCN2S(C)(=O)=O)c1ccccc1. The molecule has 0 saturated heterocycles. The van der Waals surface area contributed by atoms with E-state index in [2.05, 4.69) is 6.58 Å². The summed E-state index contributed by atoms with van der Waals surface area (Å²) in [5.74, 6) is -0.133. The number of anilines is 2. The molecule has 3 rings (SSSR count). The van der Waals surface area contributed by atoms with Crippen molar-refractivity contribution < 1.29 is 13.2 Å². The highest BCUT2D eigenvalue weighted by atomic mass is 32.2. The van der Waals surface area contributed by atoms with Crippen LogP contribution in [0.1, 0.15) is 15.9 Å². The largest absolute Gasteiger partial charge is 0.305 e. The molecule has 1 heterocycles. The first-order chi connectivity index (χ1) is 11.9. The minimum Gasteiger partial charge on any atom is -0.305 e. The van der Waals surface area contributed by atoms with Crippen molar-refractivity contribution in [1.29, 1.82) is 0 Å². The average Bonchev–Trinajstić information content (AvgIpc) is 3.03. The van der Waals surface area contributed by atoms with Gasteiger partial charge in [0.05, 0.1) is 11.9 Å². The minimum atomic E-state index is -3.29. The Morgan fingerprint density at radius 3 is 2.60 bits per heavy atom. The number of hydrogen-bond donors (Lipinski definition) is 0. The molecule has 6 heteroatoms. The molecule has 25 heavy (non-hydrogen) atoms. The second kappa shape index (κ2) is 6.72. The third kappa shape index (κ3) is 3.44. The van der Waals surface area contributed by atoms with Crippen molar-refractivity contribution in [1.82, 2.24) is 0 Å².